The van der Waals surface area contributed by atoms with E-state index in [1.54, 1.807) is 6.07 Å². The molecule has 3 heteroatoms. The average Bonchev–Trinajstić information content (AvgIpc) is 2.80. The van der Waals surface area contributed by atoms with Gasteiger partial charge in [0, 0.05) is 5.92 Å². The van der Waals surface area contributed by atoms with Crippen molar-refractivity contribution in [1.82, 2.24) is 0 Å². The lowest BCUT2D eigenvalue weighted by atomic mass is 9.69. The van der Waals surface area contributed by atoms with Crippen molar-refractivity contribution in [2.45, 2.75) is 25.3 Å². The minimum Gasteiger partial charge on any atom is -0.489 e. The highest BCUT2D eigenvalue weighted by Crippen LogP contribution is 2.52. The number of hydrogen-bond acceptors (Lipinski definition) is 1. The van der Waals surface area contributed by atoms with Crippen LogP contribution in [0.2, 0.25) is 6.82 Å². The second-order valence-electron chi connectivity index (χ2n) is 3.66. The van der Waals surface area contributed by atoms with Crippen molar-refractivity contribution in [2.24, 2.45) is 0 Å². The molecule has 0 N–H and O–H groups in total. The Bertz CT molecular complexity index is 377. The third kappa shape index (κ3) is 0.873. The molecule has 13 heavy (non-hydrogen) atoms. The van der Waals surface area contributed by atoms with Crippen LogP contribution in [0.4, 0.5) is 4.39 Å². The maximum absolute atomic E-state index is 13.4. The lowest BCUT2D eigenvalue weighted by molar-refractivity contribution is 0.318. The molecule has 2 aliphatic rings. The summed E-state index contributed by atoms with van der Waals surface area (Å²) >= 11 is 0. The lowest BCUT2D eigenvalue weighted by Crippen LogP contribution is -2.20. The molecule has 1 aliphatic heterocycles. The summed E-state index contributed by atoms with van der Waals surface area (Å²) in [6.45, 7) is 1.87. The van der Waals surface area contributed by atoms with Crippen LogP contribution in [0.25, 0.3) is 0 Å². The molecule has 0 spiro atoms. The fourth-order valence-electron chi connectivity index (χ4n) is 2.14. The maximum atomic E-state index is 13.4. The Hall–Kier alpha value is -0.985. The van der Waals surface area contributed by atoms with Gasteiger partial charge in [0.15, 0.2) is 7.28 Å². The van der Waals surface area contributed by atoms with Gasteiger partial charge < -0.3 is 4.74 Å². The van der Waals surface area contributed by atoms with Gasteiger partial charge in [-0.05, 0) is 29.6 Å². The second-order valence-corrected chi connectivity index (χ2v) is 3.66. The zero-order valence-corrected chi connectivity index (χ0v) is 7.38. The molecule has 0 bridgehead atoms. The van der Waals surface area contributed by atoms with E-state index in [1.807, 2.05) is 14.1 Å². The standard InChI is InChI=1S/C10H9BFO/c1-11-10-6(12)2-3-7-9(10)5-4-8(5)13-7/h2-3,5,8H,4H2,1H3. The Morgan fingerprint density at radius 2 is 2.38 bits per heavy atom. The van der Waals surface area contributed by atoms with Crippen molar-refractivity contribution in [3.63, 3.8) is 0 Å². The first-order valence-corrected chi connectivity index (χ1v) is 4.59. The van der Waals surface area contributed by atoms with Crippen LogP contribution >= 0.6 is 0 Å². The van der Waals surface area contributed by atoms with Gasteiger partial charge in [0.25, 0.3) is 0 Å². The fourth-order valence-corrected chi connectivity index (χ4v) is 2.14. The summed E-state index contributed by atoms with van der Waals surface area (Å²) in [4.78, 5) is 0. The van der Waals surface area contributed by atoms with Crippen LogP contribution in [0, 0.1) is 5.82 Å². The average molecular weight is 175 g/mol. The lowest BCUT2D eigenvalue weighted by Gasteiger charge is -2.08. The molecule has 1 radical (unpaired) electrons. The van der Waals surface area contributed by atoms with Crippen molar-refractivity contribution in [3.8, 4) is 5.75 Å². The van der Waals surface area contributed by atoms with Gasteiger partial charge in [-0.2, -0.15) is 0 Å². The molecule has 2 atom stereocenters. The van der Waals surface area contributed by atoms with E-state index >= 15 is 0 Å². The quantitative estimate of drug-likeness (QED) is 0.587. The van der Waals surface area contributed by atoms with Gasteiger partial charge in [-0.3, -0.25) is 0 Å². The molecule has 1 aromatic rings. The van der Waals surface area contributed by atoms with E-state index in [9.17, 15) is 4.39 Å². The predicted molar refractivity (Wildman–Crippen MR) is 49.4 cm³/mol. The van der Waals surface area contributed by atoms with Gasteiger partial charge in [0.05, 0.1) is 0 Å². The zero-order valence-electron chi connectivity index (χ0n) is 7.38. The van der Waals surface area contributed by atoms with E-state index in [2.05, 4.69) is 0 Å². The highest BCUT2D eigenvalue weighted by atomic mass is 19.1. The Labute approximate surface area is 77.1 Å². The fraction of sp³-hybridized carbons (Fsp3) is 0.400. The van der Waals surface area contributed by atoms with Crippen molar-refractivity contribution in [3.05, 3.63) is 23.5 Å². The molecular formula is C10H9BFO. The summed E-state index contributed by atoms with van der Waals surface area (Å²) in [6.07, 6.45) is 1.41. The van der Waals surface area contributed by atoms with Crippen molar-refractivity contribution >= 4 is 12.7 Å². The molecular weight excluding hydrogens is 166 g/mol. The minimum atomic E-state index is -0.127. The summed E-state index contributed by atoms with van der Waals surface area (Å²) in [6, 6.07) is 3.22. The normalized spacial score (nSPS) is 27.5. The largest absolute Gasteiger partial charge is 0.489 e. The van der Waals surface area contributed by atoms with E-state index in [4.69, 9.17) is 4.74 Å². The summed E-state index contributed by atoms with van der Waals surface area (Å²) in [5, 5.41) is 0. The Morgan fingerprint density at radius 1 is 1.54 bits per heavy atom. The van der Waals surface area contributed by atoms with E-state index in [1.165, 1.54) is 6.07 Å². The van der Waals surface area contributed by atoms with Crippen LogP contribution in [0.5, 0.6) is 5.75 Å². The molecule has 1 nitrogen and oxygen atoms in total. The first kappa shape index (κ1) is 7.42. The van der Waals surface area contributed by atoms with Gasteiger partial charge in [-0.25, -0.2) is 4.39 Å². The highest BCUT2D eigenvalue weighted by molar-refractivity contribution is 6.53. The summed E-state index contributed by atoms with van der Waals surface area (Å²) in [5.74, 6) is 1.23. The molecule has 1 heterocycles. The predicted octanol–water partition coefficient (Wildman–Crippen LogP) is 1.45. The van der Waals surface area contributed by atoms with Crippen LogP contribution in [0.3, 0.4) is 0 Å². The molecule has 1 aromatic carbocycles. The van der Waals surface area contributed by atoms with Gasteiger partial charge >= 0.3 is 0 Å². The number of halogens is 1. The molecule has 3 rings (SSSR count). The second kappa shape index (κ2) is 2.28. The SMILES string of the molecule is C[B]c1c(F)ccc2c1C1CC1O2. The number of fused-ring (bicyclic) bond motifs is 3. The number of benzene rings is 1. The first-order valence-electron chi connectivity index (χ1n) is 4.59. The van der Waals surface area contributed by atoms with Crippen molar-refractivity contribution < 1.29 is 9.13 Å². The third-order valence-corrected chi connectivity index (χ3v) is 2.86. The number of rotatable bonds is 1. The van der Waals surface area contributed by atoms with E-state index < -0.39 is 0 Å². The molecule has 0 aromatic heterocycles. The van der Waals surface area contributed by atoms with Gasteiger partial charge in [0.1, 0.15) is 17.7 Å². The van der Waals surface area contributed by atoms with Crippen LogP contribution in [-0.4, -0.2) is 13.4 Å². The molecule has 0 saturated heterocycles. The van der Waals surface area contributed by atoms with Gasteiger partial charge in [-0.15, -0.1) is 0 Å². The van der Waals surface area contributed by atoms with Crippen LogP contribution in [0.1, 0.15) is 17.9 Å². The molecule has 1 fully saturated rings. The van der Waals surface area contributed by atoms with Crippen molar-refractivity contribution in [2.75, 3.05) is 0 Å². The third-order valence-electron chi connectivity index (χ3n) is 2.86. The van der Waals surface area contributed by atoms with Gasteiger partial charge in [-0.1, -0.05) is 6.82 Å². The van der Waals surface area contributed by atoms with Gasteiger partial charge in [0.2, 0.25) is 0 Å². The smallest absolute Gasteiger partial charge is 0.152 e. The summed E-state index contributed by atoms with van der Waals surface area (Å²) in [5.41, 5.74) is 1.83. The van der Waals surface area contributed by atoms with E-state index in [-0.39, 0.29) is 5.82 Å². The van der Waals surface area contributed by atoms with Crippen LogP contribution in [-0.2, 0) is 0 Å². The highest BCUT2D eigenvalue weighted by Gasteiger charge is 2.49. The topological polar surface area (TPSA) is 9.23 Å². The van der Waals surface area contributed by atoms with E-state index in [0.717, 1.165) is 23.2 Å². The zero-order chi connectivity index (χ0) is 9.00. The number of ether oxygens (including phenoxy) is 1. The van der Waals surface area contributed by atoms with Crippen molar-refractivity contribution in [1.29, 1.82) is 0 Å². The molecule has 1 saturated carbocycles. The van der Waals surface area contributed by atoms with Crippen LogP contribution in [0.15, 0.2) is 12.1 Å². The first-order chi connectivity index (χ1) is 6.31. The molecule has 0 amide bonds. The maximum Gasteiger partial charge on any atom is 0.152 e. The summed E-state index contributed by atoms with van der Waals surface area (Å²) < 4.78 is 18.9. The molecule has 65 valence electrons. The summed E-state index contributed by atoms with van der Waals surface area (Å²) in [7, 11) is 1.83. The Morgan fingerprint density at radius 3 is 3.15 bits per heavy atom. The molecule has 2 unspecified atom stereocenters. The monoisotopic (exact) mass is 175 g/mol. The number of hydrogen-bond donors (Lipinski definition) is 0. The van der Waals surface area contributed by atoms with E-state index in [0.29, 0.717) is 12.0 Å². The Kier molecular flexibility index (Phi) is 1.30. The molecule has 1 aliphatic carbocycles. The van der Waals surface area contributed by atoms with Crippen LogP contribution < -0.4 is 10.2 Å². The minimum absolute atomic E-state index is 0.127. The Balaban J connectivity index is 2.21.